The van der Waals surface area contributed by atoms with Crippen LogP contribution in [-0.4, -0.2) is 11.9 Å². The molecule has 1 aliphatic rings. The molecule has 11 heavy (non-hydrogen) atoms. The third-order valence-electron chi connectivity index (χ3n) is 1.57. The van der Waals surface area contributed by atoms with Gasteiger partial charge in [0.05, 0.1) is 5.92 Å². The molecule has 1 saturated carbocycles. The van der Waals surface area contributed by atoms with Crippen LogP contribution in [-0.2, 0) is 4.79 Å². The Morgan fingerprint density at radius 2 is 1.73 bits per heavy atom. The van der Waals surface area contributed by atoms with Crippen LogP contribution in [0.2, 0.25) is 0 Å². The van der Waals surface area contributed by atoms with Crippen LogP contribution in [0.3, 0.4) is 0 Å². The van der Waals surface area contributed by atoms with Gasteiger partial charge in [-0.1, -0.05) is 6.42 Å². The molecule has 0 amide bonds. The Balaban J connectivity index is 0.000000292. The highest BCUT2D eigenvalue weighted by Crippen LogP contribution is 2.40. The zero-order valence-corrected chi connectivity index (χ0v) is 6.45. The highest BCUT2D eigenvalue weighted by molar-refractivity contribution is 6.54. The molecule has 0 aromatic heterocycles. The van der Waals surface area contributed by atoms with Gasteiger partial charge in [-0.05, 0) is 24.4 Å². The Labute approximate surface area is 67.5 Å². The third kappa shape index (κ3) is 4.24. The van der Waals surface area contributed by atoms with E-state index in [0.717, 1.165) is 6.42 Å². The van der Waals surface area contributed by atoms with E-state index in [4.69, 9.17) is 4.79 Å². The van der Waals surface area contributed by atoms with Crippen LogP contribution in [0, 0.1) is 5.92 Å². The maximum absolute atomic E-state index is 11.5. The normalized spacial score (nSPS) is 17.8. The first-order valence-corrected chi connectivity index (χ1v) is 3.56. The molecular weight excluding hydrogens is 181 g/mol. The molecule has 0 aromatic carbocycles. The number of carbonyl (C=O) groups excluding carboxylic acids is 1. The predicted molar refractivity (Wildman–Crippen MR) is 36.0 cm³/mol. The first kappa shape index (κ1) is 10.8. The van der Waals surface area contributed by atoms with Crippen LogP contribution in [0.25, 0.3) is 0 Å². The summed E-state index contributed by atoms with van der Waals surface area (Å²) in [4.78, 5) is 8.57. The highest BCUT2D eigenvalue weighted by Gasteiger charge is 2.42. The van der Waals surface area contributed by atoms with Gasteiger partial charge in [-0.3, -0.25) is 4.79 Å². The number of rotatable bonds is 0. The second-order valence-electron chi connectivity index (χ2n) is 2.26. The van der Waals surface area contributed by atoms with E-state index >= 15 is 0 Å². The van der Waals surface area contributed by atoms with Gasteiger partial charge in [0, 0.05) is 0 Å². The summed E-state index contributed by atoms with van der Waals surface area (Å²) in [5.41, 5.74) is 0. The van der Waals surface area contributed by atoms with E-state index in [-0.39, 0.29) is 5.75 Å². The van der Waals surface area contributed by atoms with E-state index in [1.165, 1.54) is 0 Å². The second-order valence-corrected chi connectivity index (χ2v) is 2.44. The molecule has 0 aliphatic heterocycles. The van der Waals surface area contributed by atoms with Crippen LogP contribution in [0.5, 0.6) is 0 Å². The first-order valence-electron chi connectivity index (χ1n) is 3.13. The summed E-state index contributed by atoms with van der Waals surface area (Å²) in [6, 6.07) is 0. The molecule has 0 spiro atoms. The van der Waals surface area contributed by atoms with Crippen molar-refractivity contribution in [1.82, 2.24) is 0 Å². The predicted octanol–water partition coefficient (Wildman–Crippen LogP) is 2.76. The Kier molecular flexibility index (Phi) is 4.49. The van der Waals surface area contributed by atoms with Crippen LogP contribution in [0.1, 0.15) is 19.3 Å². The van der Waals surface area contributed by atoms with Crippen molar-refractivity contribution in [1.29, 1.82) is 0 Å². The van der Waals surface area contributed by atoms with Crippen molar-refractivity contribution in [2.24, 2.45) is 5.92 Å². The van der Waals surface area contributed by atoms with Crippen molar-refractivity contribution in [2.45, 2.75) is 25.4 Å². The molecule has 1 rings (SSSR count). The lowest BCUT2D eigenvalue weighted by atomic mass is 9.85. The van der Waals surface area contributed by atoms with Crippen molar-refractivity contribution in [3.63, 3.8) is 0 Å². The molecule has 0 N–H and O–H groups in total. The van der Waals surface area contributed by atoms with E-state index < -0.39 is 12.1 Å². The number of hydrogen-bond donors (Lipinski definition) is 0. The molecule has 66 valence electrons. The fourth-order valence-electron chi connectivity index (χ4n) is 0.736. The number of halogens is 4. The summed E-state index contributed by atoms with van der Waals surface area (Å²) in [5.74, 6) is -0.748. The molecule has 5 heteroatoms. The maximum atomic E-state index is 11.5. The summed E-state index contributed by atoms with van der Waals surface area (Å²) < 4.78 is 34.5. The first-order chi connectivity index (χ1) is 5.02. The van der Waals surface area contributed by atoms with Gasteiger partial charge in [-0.2, -0.15) is 13.2 Å². The van der Waals surface area contributed by atoms with Gasteiger partial charge in [-0.15, -0.1) is 0 Å². The lowest BCUT2D eigenvalue weighted by Crippen LogP contribution is -2.28. The number of carbonyl (C=O) groups is 1. The monoisotopic (exact) mass is 188 g/mol. The molecule has 0 heterocycles. The SMILES string of the molecule is FC(F)(F)C1CCC1.O=CCl. The Morgan fingerprint density at radius 3 is 1.73 bits per heavy atom. The van der Waals surface area contributed by atoms with Gasteiger partial charge in [0.15, 0.2) is 0 Å². The van der Waals surface area contributed by atoms with E-state index in [1.54, 1.807) is 0 Å². The molecule has 1 nitrogen and oxygen atoms in total. The fraction of sp³-hybridized carbons (Fsp3) is 0.833. The summed E-state index contributed by atoms with van der Waals surface area (Å²) in [5, 5.41) is 0. The zero-order chi connectivity index (χ0) is 8.91. The summed E-state index contributed by atoms with van der Waals surface area (Å²) in [6.07, 6.45) is -2.45. The van der Waals surface area contributed by atoms with Gasteiger partial charge in [0.25, 0.3) is 0 Å². The van der Waals surface area contributed by atoms with Crippen LogP contribution >= 0.6 is 11.6 Å². The van der Waals surface area contributed by atoms with Crippen molar-refractivity contribution in [3.05, 3.63) is 0 Å². The summed E-state index contributed by atoms with van der Waals surface area (Å²) >= 11 is 4.32. The van der Waals surface area contributed by atoms with Gasteiger partial charge in [0.1, 0.15) is 0 Å². The van der Waals surface area contributed by atoms with Crippen molar-refractivity contribution in [2.75, 3.05) is 0 Å². The minimum absolute atomic E-state index is 0.222. The molecule has 1 aliphatic carbocycles. The fourth-order valence-corrected chi connectivity index (χ4v) is 0.736. The van der Waals surface area contributed by atoms with E-state index in [2.05, 4.69) is 11.6 Å². The average molecular weight is 189 g/mol. The molecule has 0 saturated heterocycles. The van der Waals surface area contributed by atoms with Crippen LogP contribution in [0.15, 0.2) is 0 Å². The topological polar surface area (TPSA) is 17.1 Å². The summed E-state index contributed by atoms with van der Waals surface area (Å²) in [6.45, 7) is 0. The molecule has 0 aromatic rings. The molecular formula is C6H8ClF3O. The second kappa shape index (κ2) is 4.59. The Morgan fingerprint density at radius 1 is 1.36 bits per heavy atom. The third-order valence-corrected chi connectivity index (χ3v) is 1.57. The zero-order valence-electron chi connectivity index (χ0n) is 5.70. The van der Waals surface area contributed by atoms with Crippen molar-refractivity contribution in [3.8, 4) is 0 Å². The van der Waals surface area contributed by atoms with E-state index in [0.29, 0.717) is 12.8 Å². The van der Waals surface area contributed by atoms with Crippen molar-refractivity contribution >= 4 is 17.3 Å². The molecule has 0 unspecified atom stereocenters. The number of alkyl halides is 3. The highest BCUT2D eigenvalue weighted by atomic mass is 35.5. The number of hydrogen-bond acceptors (Lipinski definition) is 1. The molecule has 0 radical (unpaired) electrons. The van der Waals surface area contributed by atoms with Gasteiger partial charge in [0.2, 0.25) is 5.75 Å². The van der Waals surface area contributed by atoms with E-state index in [9.17, 15) is 13.2 Å². The minimum atomic E-state index is -3.90. The molecule has 0 bridgehead atoms. The molecule has 1 fully saturated rings. The van der Waals surface area contributed by atoms with Crippen LogP contribution in [0.4, 0.5) is 13.2 Å². The quantitative estimate of drug-likeness (QED) is 0.422. The maximum Gasteiger partial charge on any atom is 0.391 e. The summed E-state index contributed by atoms with van der Waals surface area (Å²) in [7, 11) is 0. The average Bonchev–Trinajstić information content (AvgIpc) is 1.54. The Hall–Kier alpha value is -0.250. The van der Waals surface area contributed by atoms with E-state index in [1.807, 2.05) is 0 Å². The largest absolute Gasteiger partial charge is 0.391 e. The lowest BCUT2D eigenvalue weighted by Gasteiger charge is -2.27. The van der Waals surface area contributed by atoms with Gasteiger partial charge >= 0.3 is 6.18 Å². The van der Waals surface area contributed by atoms with Gasteiger partial charge < -0.3 is 0 Å². The smallest absolute Gasteiger partial charge is 0.285 e. The molecule has 0 atom stereocenters. The van der Waals surface area contributed by atoms with Gasteiger partial charge in [-0.25, -0.2) is 0 Å². The standard InChI is InChI=1S/C5H7F3.CHClO/c6-5(7,8)4-2-1-3-4;2-1-3/h4H,1-3H2;1H. The Bertz CT molecular complexity index is 119. The van der Waals surface area contributed by atoms with Crippen molar-refractivity contribution < 1.29 is 18.0 Å². The minimum Gasteiger partial charge on any atom is -0.285 e. The lowest BCUT2D eigenvalue weighted by molar-refractivity contribution is -0.193. The van der Waals surface area contributed by atoms with Crippen LogP contribution < -0.4 is 0 Å².